The van der Waals surface area contributed by atoms with Gasteiger partial charge in [0.15, 0.2) is 0 Å². The molecule has 1 aliphatic rings. The summed E-state index contributed by atoms with van der Waals surface area (Å²) in [6.45, 7) is 1.82. The molecular formula is C13H13FN2O. The number of carbonyl (C=O) groups is 1. The van der Waals surface area contributed by atoms with Crippen molar-refractivity contribution >= 4 is 5.78 Å². The summed E-state index contributed by atoms with van der Waals surface area (Å²) in [4.78, 5) is 13.1. The van der Waals surface area contributed by atoms with Gasteiger partial charge in [-0.05, 0) is 6.07 Å². The van der Waals surface area contributed by atoms with Crippen molar-refractivity contribution in [2.75, 3.05) is 13.1 Å². The number of hydrogen-bond acceptors (Lipinski definition) is 3. The molecule has 1 aliphatic heterocycles. The first-order valence-corrected chi connectivity index (χ1v) is 5.62. The summed E-state index contributed by atoms with van der Waals surface area (Å²) in [5, 5.41) is 8.74. The molecule has 3 nitrogen and oxygen atoms in total. The Kier molecular flexibility index (Phi) is 3.50. The van der Waals surface area contributed by atoms with Crippen LogP contribution >= 0.6 is 0 Å². The Morgan fingerprint density at radius 2 is 2.06 bits per heavy atom. The van der Waals surface area contributed by atoms with Gasteiger partial charge in [-0.1, -0.05) is 12.1 Å². The highest BCUT2D eigenvalue weighted by atomic mass is 19.1. The van der Waals surface area contributed by atoms with Crippen LogP contribution in [-0.4, -0.2) is 23.8 Å². The predicted molar refractivity (Wildman–Crippen MR) is 60.6 cm³/mol. The zero-order chi connectivity index (χ0) is 12.3. The lowest BCUT2D eigenvalue weighted by Crippen LogP contribution is -2.33. The second-order valence-electron chi connectivity index (χ2n) is 4.21. The molecule has 88 valence electrons. The van der Waals surface area contributed by atoms with Gasteiger partial charge < -0.3 is 0 Å². The first kappa shape index (κ1) is 11.7. The molecule has 1 aromatic carbocycles. The lowest BCUT2D eigenvalue weighted by atomic mass is 10.1. The van der Waals surface area contributed by atoms with Gasteiger partial charge in [0.1, 0.15) is 17.7 Å². The van der Waals surface area contributed by atoms with E-state index in [2.05, 4.69) is 0 Å². The molecule has 17 heavy (non-hydrogen) atoms. The number of likely N-dealkylation sites (tertiary alicyclic amines) is 1. The van der Waals surface area contributed by atoms with Gasteiger partial charge in [-0.15, -0.1) is 0 Å². The van der Waals surface area contributed by atoms with E-state index < -0.39 is 5.82 Å². The molecule has 1 fully saturated rings. The lowest BCUT2D eigenvalue weighted by Gasteiger charge is -2.25. The van der Waals surface area contributed by atoms with Crippen molar-refractivity contribution in [3.63, 3.8) is 0 Å². The van der Waals surface area contributed by atoms with Gasteiger partial charge in [0.05, 0.1) is 5.56 Å². The number of Topliss-reactive ketones (excluding diaryl/α,β-unsaturated/α-hetero) is 1. The van der Waals surface area contributed by atoms with E-state index in [1.807, 2.05) is 11.0 Å². The summed E-state index contributed by atoms with van der Waals surface area (Å²) < 4.78 is 13.8. The molecule has 4 heteroatoms. The molecule has 0 aliphatic carbocycles. The molecule has 1 heterocycles. The zero-order valence-electron chi connectivity index (χ0n) is 9.45. The van der Waals surface area contributed by atoms with Gasteiger partial charge >= 0.3 is 0 Å². The molecule has 0 aromatic heterocycles. The standard InChI is InChI=1S/C13H13FN2O/c14-13-10(8-15)2-1-3-11(13)9-16-6-4-12(17)5-7-16/h1-3H,4-7,9H2. The van der Waals surface area contributed by atoms with Crippen molar-refractivity contribution < 1.29 is 9.18 Å². The Labute approximate surface area is 99.5 Å². The number of nitriles is 1. The molecule has 0 amide bonds. The van der Waals surface area contributed by atoms with E-state index in [4.69, 9.17) is 5.26 Å². The number of nitrogens with zero attached hydrogens (tertiary/aromatic N) is 2. The fourth-order valence-corrected chi connectivity index (χ4v) is 1.99. The Morgan fingerprint density at radius 1 is 1.35 bits per heavy atom. The molecule has 0 atom stereocenters. The monoisotopic (exact) mass is 232 g/mol. The van der Waals surface area contributed by atoms with Crippen molar-refractivity contribution in [2.45, 2.75) is 19.4 Å². The fourth-order valence-electron chi connectivity index (χ4n) is 1.99. The van der Waals surface area contributed by atoms with Crippen molar-refractivity contribution in [2.24, 2.45) is 0 Å². The first-order valence-electron chi connectivity index (χ1n) is 5.62. The highest BCUT2D eigenvalue weighted by molar-refractivity contribution is 5.79. The Hall–Kier alpha value is -1.73. The minimum absolute atomic E-state index is 0.0792. The lowest BCUT2D eigenvalue weighted by molar-refractivity contribution is -0.121. The van der Waals surface area contributed by atoms with E-state index in [0.29, 0.717) is 38.0 Å². The average molecular weight is 232 g/mol. The zero-order valence-corrected chi connectivity index (χ0v) is 9.45. The third-order valence-corrected chi connectivity index (χ3v) is 3.01. The Balaban J connectivity index is 2.09. The fraction of sp³-hybridized carbons (Fsp3) is 0.385. The van der Waals surface area contributed by atoms with Gasteiger partial charge in [0.25, 0.3) is 0 Å². The van der Waals surface area contributed by atoms with E-state index in [-0.39, 0.29) is 11.3 Å². The van der Waals surface area contributed by atoms with Crippen LogP contribution in [0.2, 0.25) is 0 Å². The van der Waals surface area contributed by atoms with Crippen LogP contribution in [0, 0.1) is 17.1 Å². The maximum Gasteiger partial charge on any atom is 0.145 e. The first-order chi connectivity index (χ1) is 8.20. The Bertz CT molecular complexity index is 469. The van der Waals surface area contributed by atoms with Crippen LogP contribution in [0.1, 0.15) is 24.0 Å². The second-order valence-corrected chi connectivity index (χ2v) is 4.21. The second kappa shape index (κ2) is 5.07. The highest BCUT2D eigenvalue weighted by Crippen LogP contribution is 2.16. The normalized spacial score (nSPS) is 16.8. The number of carbonyl (C=O) groups excluding carboxylic acids is 1. The van der Waals surface area contributed by atoms with Crippen molar-refractivity contribution in [1.29, 1.82) is 5.26 Å². The summed E-state index contributed by atoms with van der Waals surface area (Å²) in [6.07, 6.45) is 1.08. The van der Waals surface area contributed by atoms with E-state index in [0.717, 1.165) is 0 Å². The van der Waals surface area contributed by atoms with Crippen molar-refractivity contribution in [1.82, 2.24) is 4.90 Å². The molecule has 0 bridgehead atoms. The van der Waals surface area contributed by atoms with Crippen molar-refractivity contribution in [3.8, 4) is 6.07 Å². The van der Waals surface area contributed by atoms with Crippen LogP contribution < -0.4 is 0 Å². The van der Waals surface area contributed by atoms with Crippen molar-refractivity contribution in [3.05, 3.63) is 35.1 Å². The third kappa shape index (κ3) is 2.69. The number of piperidine rings is 1. The van der Waals surface area contributed by atoms with Crippen LogP contribution in [0.5, 0.6) is 0 Å². The summed E-state index contributed by atoms with van der Waals surface area (Å²) >= 11 is 0. The molecule has 0 N–H and O–H groups in total. The van der Waals surface area contributed by atoms with Gasteiger partial charge in [-0.25, -0.2) is 4.39 Å². The summed E-state index contributed by atoms with van der Waals surface area (Å²) in [5.74, 6) is -0.167. The number of benzene rings is 1. The summed E-state index contributed by atoms with van der Waals surface area (Å²) in [7, 11) is 0. The van der Waals surface area contributed by atoms with Crippen LogP contribution in [0.4, 0.5) is 4.39 Å². The largest absolute Gasteiger partial charge is 0.300 e. The predicted octanol–water partition coefficient (Wildman–Crippen LogP) is 1.86. The smallest absolute Gasteiger partial charge is 0.145 e. The molecule has 0 spiro atoms. The number of ketones is 1. The average Bonchev–Trinajstić information content (AvgIpc) is 2.35. The number of hydrogen-bond donors (Lipinski definition) is 0. The molecular weight excluding hydrogens is 219 g/mol. The maximum absolute atomic E-state index is 13.8. The summed E-state index contributed by atoms with van der Waals surface area (Å²) in [6, 6.07) is 6.68. The molecule has 1 saturated heterocycles. The maximum atomic E-state index is 13.8. The molecule has 2 rings (SSSR count). The minimum Gasteiger partial charge on any atom is -0.300 e. The SMILES string of the molecule is N#Cc1cccc(CN2CCC(=O)CC2)c1F. The van der Waals surface area contributed by atoms with Gasteiger partial charge in [0.2, 0.25) is 0 Å². The number of halogens is 1. The third-order valence-electron chi connectivity index (χ3n) is 3.01. The molecule has 0 unspecified atom stereocenters. The summed E-state index contributed by atoms with van der Waals surface area (Å²) in [5.41, 5.74) is 0.606. The van der Waals surface area contributed by atoms with Crippen LogP contribution in [0.15, 0.2) is 18.2 Å². The van der Waals surface area contributed by atoms with E-state index in [9.17, 15) is 9.18 Å². The quantitative estimate of drug-likeness (QED) is 0.781. The topological polar surface area (TPSA) is 44.1 Å². The molecule has 0 saturated carbocycles. The van der Waals surface area contributed by atoms with Crippen LogP contribution in [0.3, 0.4) is 0 Å². The molecule has 0 radical (unpaired) electrons. The van der Waals surface area contributed by atoms with Gasteiger partial charge in [-0.2, -0.15) is 5.26 Å². The van der Waals surface area contributed by atoms with Crippen LogP contribution in [0.25, 0.3) is 0 Å². The number of rotatable bonds is 2. The van der Waals surface area contributed by atoms with Crippen LogP contribution in [-0.2, 0) is 11.3 Å². The molecule has 1 aromatic rings. The van der Waals surface area contributed by atoms with E-state index in [1.165, 1.54) is 6.07 Å². The van der Waals surface area contributed by atoms with Gasteiger partial charge in [-0.3, -0.25) is 9.69 Å². The van der Waals surface area contributed by atoms with Gasteiger partial charge in [0, 0.05) is 38.0 Å². The van der Waals surface area contributed by atoms with E-state index in [1.54, 1.807) is 12.1 Å². The highest BCUT2D eigenvalue weighted by Gasteiger charge is 2.18. The Morgan fingerprint density at radius 3 is 2.71 bits per heavy atom. The minimum atomic E-state index is -0.438. The van der Waals surface area contributed by atoms with E-state index >= 15 is 0 Å².